The summed E-state index contributed by atoms with van der Waals surface area (Å²) in [6.07, 6.45) is 0.299. The highest BCUT2D eigenvalue weighted by Gasteiger charge is 2.31. The molecule has 1 aliphatic heterocycles. The summed E-state index contributed by atoms with van der Waals surface area (Å²) in [6, 6.07) is 4.25. The van der Waals surface area contributed by atoms with Crippen LogP contribution in [0.25, 0.3) is 0 Å². The fourth-order valence-electron chi connectivity index (χ4n) is 2.10. The van der Waals surface area contributed by atoms with E-state index in [4.69, 9.17) is 5.73 Å². The van der Waals surface area contributed by atoms with Crippen molar-refractivity contribution in [3.63, 3.8) is 0 Å². The maximum absolute atomic E-state index is 12.8. The highest BCUT2D eigenvalue weighted by atomic mass is 32.2. The fraction of sp³-hybridized carbons (Fsp3) is 0.500. The van der Waals surface area contributed by atoms with E-state index in [1.54, 1.807) is 0 Å². The molecule has 0 bridgehead atoms. The Morgan fingerprint density at radius 2 is 1.95 bits per heavy atom. The Balaban J connectivity index is 2.26. The number of sulfonamides is 1. The first-order valence-electron chi connectivity index (χ1n) is 6.10. The van der Waals surface area contributed by atoms with Crippen molar-refractivity contribution in [1.82, 2.24) is 4.31 Å². The monoisotopic (exact) mass is 288 g/mol. The smallest absolute Gasteiger partial charge is 0.243 e. The first-order chi connectivity index (χ1) is 8.91. The Labute approximate surface area is 111 Å². The molecule has 0 saturated carbocycles. The van der Waals surface area contributed by atoms with Crippen LogP contribution in [-0.4, -0.2) is 43.1 Å². The molecule has 0 amide bonds. The number of nitrogens with two attached hydrogens (primary N) is 1. The first kappa shape index (κ1) is 14.4. The van der Waals surface area contributed by atoms with Gasteiger partial charge in [0.1, 0.15) is 5.82 Å². The lowest BCUT2D eigenvalue weighted by molar-refractivity contribution is 0.130. The standard InChI is InChI=1S/C12H17FN2O3S/c13-9-3-5-10(6-4-9)19(17,18)15-7-1-2-11(14)12(16)8-15/h3-6,11-12,16H,1-2,7-8,14H2. The molecule has 1 heterocycles. The van der Waals surface area contributed by atoms with Crippen molar-refractivity contribution in [2.75, 3.05) is 13.1 Å². The molecule has 1 aromatic rings. The predicted molar refractivity (Wildman–Crippen MR) is 68.4 cm³/mol. The summed E-state index contributed by atoms with van der Waals surface area (Å²) >= 11 is 0. The van der Waals surface area contributed by atoms with Gasteiger partial charge in [0.05, 0.1) is 11.0 Å². The zero-order valence-corrected chi connectivity index (χ0v) is 11.2. The summed E-state index contributed by atoms with van der Waals surface area (Å²) in [5.41, 5.74) is 5.72. The normalized spacial score (nSPS) is 26.1. The number of rotatable bonds is 2. The van der Waals surface area contributed by atoms with E-state index in [0.29, 0.717) is 19.4 Å². The molecule has 0 aromatic heterocycles. The van der Waals surface area contributed by atoms with Crippen molar-refractivity contribution in [2.45, 2.75) is 29.9 Å². The van der Waals surface area contributed by atoms with E-state index >= 15 is 0 Å². The van der Waals surface area contributed by atoms with Crippen LogP contribution in [0.5, 0.6) is 0 Å². The van der Waals surface area contributed by atoms with E-state index in [0.717, 1.165) is 12.1 Å². The molecule has 0 spiro atoms. The molecule has 0 aliphatic carbocycles. The van der Waals surface area contributed by atoms with Crippen LogP contribution in [0.3, 0.4) is 0 Å². The van der Waals surface area contributed by atoms with Gasteiger partial charge in [-0.05, 0) is 37.1 Å². The van der Waals surface area contributed by atoms with Crippen LogP contribution in [0.4, 0.5) is 4.39 Å². The average molecular weight is 288 g/mol. The number of benzene rings is 1. The van der Waals surface area contributed by atoms with Crippen molar-refractivity contribution in [3.05, 3.63) is 30.1 Å². The topological polar surface area (TPSA) is 83.6 Å². The number of hydrogen-bond donors (Lipinski definition) is 2. The van der Waals surface area contributed by atoms with Crippen molar-refractivity contribution in [1.29, 1.82) is 0 Å². The fourth-order valence-corrected chi connectivity index (χ4v) is 3.60. The second-order valence-electron chi connectivity index (χ2n) is 4.69. The van der Waals surface area contributed by atoms with E-state index in [-0.39, 0.29) is 11.4 Å². The minimum absolute atomic E-state index is 0.0246. The van der Waals surface area contributed by atoms with Gasteiger partial charge in [0.2, 0.25) is 10.0 Å². The highest BCUT2D eigenvalue weighted by molar-refractivity contribution is 7.89. The highest BCUT2D eigenvalue weighted by Crippen LogP contribution is 2.20. The van der Waals surface area contributed by atoms with Crippen LogP contribution in [-0.2, 0) is 10.0 Å². The van der Waals surface area contributed by atoms with Gasteiger partial charge in [0.25, 0.3) is 0 Å². The molecule has 1 fully saturated rings. The molecular formula is C12H17FN2O3S. The van der Waals surface area contributed by atoms with E-state index in [9.17, 15) is 17.9 Å². The van der Waals surface area contributed by atoms with Crippen molar-refractivity contribution < 1.29 is 17.9 Å². The Bertz CT molecular complexity index is 532. The molecule has 3 N–H and O–H groups in total. The third-order valence-electron chi connectivity index (χ3n) is 3.28. The van der Waals surface area contributed by atoms with Gasteiger partial charge < -0.3 is 10.8 Å². The van der Waals surface area contributed by atoms with E-state index in [1.165, 1.54) is 16.4 Å². The molecular weight excluding hydrogens is 271 g/mol. The molecule has 2 rings (SSSR count). The van der Waals surface area contributed by atoms with Gasteiger partial charge in [0, 0.05) is 19.1 Å². The van der Waals surface area contributed by atoms with Gasteiger partial charge >= 0.3 is 0 Å². The average Bonchev–Trinajstić information content (AvgIpc) is 2.53. The number of β-amino-alcohol motifs (C(OH)–C–C–N with tert-alkyl or cyclic N) is 1. The number of hydrogen-bond acceptors (Lipinski definition) is 4. The number of nitrogens with zero attached hydrogens (tertiary/aromatic N) is 1. The Morgan fingerprint density at radius 1 is 1.32 bits per heavy atom. The molecule has 106 valence electrons. The summed E-state index contributed by atoms with van der Waals surface area (Å²) < 4.78 is 38.7. The summed E-state index contributed by atoms with van der Waals surface area (Å²) in [7, 11) is -3.71. The van der Waals surface area contributed by atoms with Crippen LogP contribution in [0.1, 0.15) is 12.8 Å². The van der Waals surface area contributed by atoms with Gasteiger partial charge in [-0.25, -0.2) is 12.8 Å². The third kappa shape index (κ3) is 3.11. The Morgan fingerprint density at radius 3 is 2.58 bits per heavy atom. The molecule has 19 heavy (non-hydrogen) atoms. The molecule has 5 nitrogen and oxygen atoms in total. The molecule has 7 heteroatoms. The summed E-state index contributed by atoms with van der Waals surface area (Å²) in [4.78, 5) is 0.0246. The van der Waals surface area contributed by atoms with Crippen LogP contribution >= 0.6 is 0 Å². The maximum Gasteiger partial charge on any atom is 0.243 e. The lowest BCUT2D eigenvalue weighted by Gasteiger charge is -2.22. The Kier molecular flexibility index (Phi) is 4.19. The molecule has 1 aliphatic rings. The summed E-state index contributed by atoms with van der Waals surface area (Å²) in [5.74, 6) is -0.489. The second-order valence-corrected chi connectivity index (χ2v) is 6.63. The van der Waals surface area contributed by atoms with Crippen LogP contribution in [0, 0.1) is 5.82 Å². The SMILES string of the molecule is NC1CCCN(S(=O)(=O)c2ccc(F)cc2)CC1O. The summed E-state index contributed by atoms with van der Waals surface area (Å²) in [5, 5.41) is 9.79. The van der Waals surface area contributed by atoms with Crippen LogP contribution < -0.4 is 5.73 Å². The van der Waals surface area contributed by atoms with E-state index < -0.39 is 28.0 Å². The minimum Gasteiger partial charge on any atom is -0.390 e. The van der Waals surface area contributed by atoms with Gasteiger partial charge in [-0.3, -0.25) is 0 Å². The van der Waals surface area contributed by atoms with Gasteiger partial charge in [-0.15, -0.1) is 0 Å². The van der Waals surface area contributed by atoms with Crippen LogP contribution in [0.15, 0.2) is 29.2 Å². The minimum atomic E-state index is -3.71. The number of aliphatic hydroxyl groups excluding tert-OH is 1. The summed E-state index contributed by atoms with van der Waals surface area (Å²) in [6.45, 7) is 0.283. The zero-order valence-electron chi connectivity index (χ0n) is 10.4. The molecule has 0 radical (unpaired) electrons. The first-order valence-corrected chi connectivity index (χ1v) is 7.54. The largest absolute Gasteiger partial charge is 0.390 e. The van der Waals surface area contributed by atoms with Crippen LogP contribution in [0.2, 0.25) is 0 Å². The predicted octanol–water partition coefficient (Wildman–Crippen LogP) is 0.298. The van der Waals surface area contributed by atoms with Crippen molar-refractivity contribution in [3.8, 4) is 0 Å². The van der Waals surface area contributed by atoms with Gasteiger partial charge in [-0.2, -0.15) is 4.31 Å². The Hall–Kier alpha value is -1.02. The molecule has 2 unspecified atom stereocenters. The third-order valence-corrected chi connectivity index (χ3v) is 5.16. The second kappa shape index (κ2) is 5.54. The number of aliphatic hydroxyl groups is 1. The van der Waals surface area contributed by atoms with E-state index in [1.807, 2.05) is 0 Å². The quantitative estimate of drug-likeness (QED) is 0.820. The zero-order chi connectivity index (χ0) is 14.0. The van der Waals surface area contributed by atoms with Crippen molar-refractivity contribution >= 4 is 10.0 Å². The van der Waals surface area contributed by atoms with Crippen molar-refractivity contribution in [2.24, 2.45) is 5.73 Å². The molecule has 1 aromatic carbocycles. The van der Waals surface area contributed by atoms with E-state index in [2.05, 4.69) is 0 Å². The molecule has 2 atom stereocenters. The van der Waals surface area contributed by atoms with Gasteiger partial charge in [0.15, 0.2) is 0 Å². The maximum atomic E-state index is 12.8. The van der Waals surface area contributed by atoms with Gasteiger partial charge in [-0.1, -0.05) is 0 Å². The molecule has 1 saturated heterocycles. The lowest BCUT2D eigenvalue weighted by atomic mass is 10.1. The number of halogens is 1. The lowest BCUT2D eigenvalue weighted by Crippen LogP contribution is -2.42.